The molecule has 0 radical (unpaired) electrons. The fourth-order valence-electron chi connectivity index (χ4n) is 2.57. The topological polar surface area (TPSA) is 90.5 Å². The molecule has 1 aromatic carbocycles. The molecule has 1 aliphatic heterocycles. The van der Waals surface area contributed by atoms with Crippen LogP contribution in [0.25, 0.3) is 0 Å². The van der Waals surface area contributed by atoms with Crippen molar-refractivity contribution in [3.8, 4) is 0 Å². The highest BCUT2D eigenvalue weighted by molar-refractivity contribution is 7.88. The van der Waals surface area contributed by atoms with Crippen LogP contribution in [0.3, 0.4) is 0 Å². The van der Waals surface area contributed by atoms with Crippen LogP contribution < -0.4 is 20.3 Å². The first-order valence-electron chi connectivity index (χ1n) is 7.73. The second-order valence-corrected chi connectivity index (χ2v) is 7.50. The predicted octanol–water partition coefficient (Wildman–Crippen LogP) is 0.504. The minimum absolute atomic E-state index is 0.151. The molecule has 0 spiro atoms. The van der Waals surface area contributed by atoms with Gasteiger partial charge in [0, 0.05) is 37.9 Å². The summed E-state index contributed by atoms with van der Waals surface area (Å²) >= 11 is 0. The monoisotopic (exact) mass is 340 g/mol. The molecule has 2 amide bonds. The van der Waals surface area contributed by atoms with Crippen LogP contribution >= 0.6 is 0 Å². The molecule has 0 aliphatic carbocycles. The molecule has 23 heavy (non-hydrogen) atoms. The van der Waals surface area contributed by atoms with Crippen molar-refractivity contribution in [1.82, 2.24) is 15.4 Å². The van der Waals surface area contributed by atoms with E-state index in [-0.39, 0.29) is 25.2 Å². The van der Waals surface area contributed by atoms with Gasteiger partial charge in [0.05, 0.1) is 6.26 Å². The van der Waals surface area contributed by atoms with Crippen molar-refractivity contribution >= 4 is 21.7 Å². The predicted molar refractivity (Wildman–Crippen MR) is 91.1 cm³/mol. The number of urea groups is 1. The number of anilines is 1. The Balaban J connectivity index is 1.65. The molecule has 1 fully saturated rings. The van der Waals surface area contributed by atoms with E-state index in [0.29, 0.717) is 0 Å². The van der Waals surface area contributed by atoms with Gasteiger partial charge in [-0.15, -0.1) is 0 Å². The van der Waals surface area contributed by atoms with E-state index >= 15 is 0 Å². The second kappa shape index (κ2) is 8.16. The van der Waals surface area contributed by atoms with Crippen molar-refractivity contribution in [1.29, 1.82) is 0 Å². The molecule has 1 aromatic rings. The smallest absolute Gasteiger partial charge is 0.315 e. The number of benzene rings is 1. The summed E-state index contributed by atoms with van der Waals surface area (Å²) in [5.74, 6) is 0. The molecular weight excluding hydrogens is 316 g/mol. The van der Waals surface area contributed by atoms with Crippen LogP contribution in [0.5, 0.6) is 0 Å². The number of sulfonamides is 1. The lowest BCUT2D eigenvalue weighted by Crippen LogP contribution is -2.49. The average molecular weight is 340 g/mol. The molecule has 1 saturated heterocycles. The van der Waals surface area contributed by atoms with Crippen LogP contribution in [-0.4, -0.2) is 52.9 Å². The molecule has 0 atom stereocenters. The van der Waals surface area contributed by atoms with E-state index in [0.717, 1.165) is 32.2 Å². The average Bonchev–Trinajstić information content (AvgIpc) is 2.52. The Labute approximate surface area is 137 Å². The number of hydrogen-bond acceptors (Lipinski definition) is 4. The highest BCUT2D eigenvalue weighted by Gasteiger charge is 2.20. The van der Waals surface area contributed by atoms with E-state index < -0.39 is 10.0 Å². The lowest BCUT2D eigenvalue weighted by atomic mass is 10.0. The van der Waals surface area contributed by atoms with Gasteiger partial charge in [0.25, 0.3) is 0 Å². The SMILES string of the molecule is CS(=O)(=O)NCCNC(=O)NC1CCN(c2ccccc2)CC1. The van der Waals surface area contributed by atoms with Crippen LogP contribution in [0.4, 0.5) is 10.5 Å². The van der Waals surface area contributed by atoms with Gasteiger partial charge in [0.2, 0.25) is 10.0 Å². The van der Waals surface area contributed by atoms with Crippen LogP contribution in [-0.2, 0) is 10.0 Å². The van der Waals surface area contributed by atoms with Gasteiger partial charge in [-0.25, -0.2) is 17.9 Å². The molecule has 0 unspecified atom stereocenters. The summed E-state index contributed by atoms with van der Waals surface area (Å²) in [5.41, 5.74) is 1.21. The van der Waals surface area contributed by atoms with Crippen molar-refractivity contribution in [3.63, 3.8) is 0 Å². The van der Waals surface area contributed by atoms with Crippen molar-refractivity contribution in [2.24, 2.45) is 0 Å². The largest absolute Gasteiger partial charge is 0.371 e. The number of hydrogen-bond donors (Lipinski definition) is 3. The van der Waals surface area contributed by atoms with Crippen LogP contribution in [0.1, 0.15) is 12.8 Å². The van der Waals surface area contributed by atoms with Gasteiger partial charge in [-0.3, -0.25) is 0 Å². The Bertz CT molecular complexity index is 598. The maximum atomic E-state index is 11.8. The number of piperidine rings is 1. The van der Waals surface area contributed by atoms with E-state index in [2.05, 4.69) is 32.4 Å². The maximum Gasteiger partial charge on any atom is 0.315 e. The number of rotatable bonds is 6. The first-order chi connectivity index (χ1) is 10.9. The Kier molecular flexibility index (Phi) is 6.23. The van der Waals surface area contributed by atoms with E-state index in [4.69, 9.17) is 0 Å². The summed E-state index contributed by atoms with van der Waals surface area (Å²) in [6.45, 7) is 2.27. The van der Waals surface area contributed by atoms with Crippen molar-refractivity contribution in [3.05, 3.63) is 30.3 Å². The zero-order valence-electron chi connectivity index (χ0n) is 13.3. The van der Waals surface area contributed by atoms with Gasteiger partial charge in [-0.05, 0) is 25.0 Å². The van der Waals surface area contributed by atoms with Gasteiger partial charge in [0.1, 0.15) is 0 Å². The standard InChI is InChI=1S/C15H24N4O3S/c1-23(21,22)17-10-9-16-15(20)18-13-7-11-19(12-8-13)14-5-3-2-4-6-14/h2-6,13,17H,7-12H2,1H3,(H2,16,18,20). The summed E-state index contributed by atoms with van der Waals surface area (Å²) in [6, 6.07) is 10.1. The molecule has 0 aromatic heterocycles. The van der Waals surface area contributed by atoms with Crippen molar-refractivity contribution in [2.75, 3.05) is 37.3 Å². The number of nitrogens with one attached hydrogen (secondary N) is 3. The summed E-state index contributed by atoms with van der Waals surface area (Å²) in [7, 11) is -3.21. The van der Waals surface area contributed by atoms with E-state index in [9.17, 15) is 13.2 Å². The normalized spacial score (nSPS) is 16.1. The molecule has 128 valence electrons. The van der Waals surface area contributed by atoms with Gasteiger partial charge in [-0.2, -0.15) is 0 Å². The third-order valence-corrected chi connectivity index (χ3v) is 4.45. The lowest BCUT2D eigenvalue weighted by molar-refractivity contribution is 0.234. The highest BCUT2D eigenvalue weighted by Crippen LogP contribution is 2.19. The lowest BCUT2D eigenvalue weighted by Gasteiger charge is -2.33. The van der Waals surface area contributed by atoms with Gasteiger partial charge >= 0.3 is 6.03 Å². The number of amides is 2. The molecule has 1 aliphatic rings. The zero-order valence-corrected chi connectivity index (χ0v) is 14.1. The quantitative estimate of drug-likeness (QED) is 0.658. The minimum Gasteiger partial charge on any atom is -0.371 e. The third-order valence-electron chi connectivity index (χ3n) is 3.73. The zero-order chi connectivity index (χ0) is 16.7. The van der Waals surface area contributed by atoms with Gasteiger partial charge in [-0.1, -0.05) is 18.2 Å². The summed E-state index contributed by atoms with van der Waals surface area (Å²) in [4.78, 5) is 14.1. The summed E-state index contributed by atoms with van der Waals surface area (Å²) in [6.07, 6.45) is 2.88. The molecule has 8 heteroatoms. The number of carbonyl (C=O) groups excluding carboxylic acids is 1. The fourth-order valence-corrected chi connectivity index (χ4v) is 3.04. The molecule has 2 rings (SSSR count). The number of para-hydroxylation sites is 1. The Morgan fingerprint density at radius 2 is 1.83 bits per heavy atom. The Morgan fingerprint density at radius 1 is 1.17 bits per heavy atom. The molecule has 1 heterocycles. The molecular formula is C15H24N4O3S. The van der Waals surface area contributed by atoms with Crippen molar-refractivity contribution < 1.29 is 13.2 Å². The highest BCUT2D eigenvalue weighted by atomic mass is 32.2. The molecule has 7 nitrogen and oxygen atoms in total. The van der Waals surface area contributed by atoms with Crippen LogP contribution in [0.15, 0.2) is 30.3 Å². The van der Waals surface area contributed by atoms with E-state index in [1.807, 2.05) is 18.2 Å². The summed E-state index contributed by atoms with van der Waals surface area (Å²) in [5, 5.41) is 5.59. The first kappa shape index (κ1) is 17.6. The first-order valence-corrected chi connectivity index (χ1v) is 9.62. The van der Waals surface area contributed by atoms with Gasteiger partial charge < -0.3 is 15.5 Å². The van der Waals surface area contributed by atoms with Gasteiger partial charge in [0.15, 0.2) is 0 Å². The molecule has 0 saturated carbocycles. The second-order valence-electron chi connectivity index (χ2n) is 5.66. The van der Waals surface area contributed by atoms with Crippen molar-refractivity contribution in [2.45, 2.75) is 18.9 Å². The number of nitrogens with zero attached hydrogens (tertiary/aromatic N) is 1. The Hall–Kier alpha value is -1.80. The van der Waals surface area contributed by atoms with Crippen LogP contribution in [0, 0.1) is 0 Å². The summed E-state index contributed by atoms with van der Waals surface area (Å²) < 4.78 is 24.1. The maximum absolute atomic E-state index is 11.8. The molecule has 0 bridgehead atoms. The van der Waals surface area contributed by atoms with E-state index in [1.54, 1.807) is 0 Å². The van der Waals surface area contributed by atoms with E-state index in [1.165, 1.54) is 5.69 Å². The van der Waals surface area contributed by atoms with Crippen LogP contribution in [0.2, 0.25) is 0 Å². The third kappa shape index (κ3) is 6.45. The molecule has 3 N–H and O–H groups in total. The number of carbonyl (C=O) groups is 1. The fraction of sp³-hybridized carbons (Fsp3) is 0.533. The Morgan fingerprint density at radius 3 is 2.43 bits per heavy atom. The minimum atomic E-state index is -3.21.